The number of ether oxygens (including phenoxy) is 2. The molecular formula is C17H29NO3. The first-order valence-corrected chi connectivity index (χ1v) is 7.55. The lowest BCUT2D eigenvalue weighted by molar-refractivity contribution is 0.0476. The number of benzene rings is 1. The van der Waals surface area contributed by atoms with Crippen LogP contribution in [0.3, 0.4) is 0 Å². The van der Waals surface area contributed by atoms with Gasteiger partial charge in [-0.25, -0.2) is 0 Å². The van der Waals surface area contributed by atoms with Crippen molar-refractivity contribution in [2.45, 2.75) is 51.9 Å². The van der Waals surface area contributed by atoms with Gasteiger partial charge in [-0.05, 0) is 38.0 Å². The van der Waals surface area contributed by atoms with Crippen molar-refractivity contribution < 1.29 is 14.6 Å². The van der Waals surface area contributed by atoms with E-state index in [9.17, 15) is 5.11 Å². The van der Waals surface area contributed by atoms with Gasteiger partial charge in [0.15, 0.2) is 0 Å². The summed E-state index contributed by atoms with van der Waals surface area (Å²) >= 11 is 0. The summed E-state index contributed by atoms with van der Waals surface area (Å²) in [5.41, 5.74) is 1.53. The van der Waals surface area contributed by atoms with Gasteiger partial charge in [-0.1, -0.05) is 19.4 Å². The lowest BCUT2D eigenvalue weighted by Gasteiger charge is -2.26. The van der Waals surface area contributed by atoms with Gasteiger partial charge in [0.2, 0.25) is 0 Å². The zero-order chi connectivity index (χ0) is 15.9. The Balaban J connectivity index is 2.73. The van der Waals surface area contributed by atoms with Crippen LogP contribution in [-0.2, 0) is 11.3 Å². The standard InChI is InChI=1S/C17H29NO3/c1-6-9-17(3,19)12-18-13(2)14-7-8-16(21-5)15(10-14)11-20-4/h7-8,10,13,18-19H,6,9,11-12H2,1-5H3. The quantitative estimate of drug-likeness (QED) is 0.735. The van der Waals surface area contributed by atoms with E-state index in [1.807, 2.05) is 19.1 Å². The maximum Gasteiger partial charge on any atom is 0.124 e. The Kier molecular flexibility index (Phi) is 7.15. The van der Waals surface area contributed by atoms with E-state index < -0.39 is 5.60 Å². The van der Waals surface area contributed by atoms with Crippen molar-refractivity contribution in [3.63, 3.8) is 0 Å². The van der Waals surface area contributed by atoms with Gasteiger partial charge < -0.3 is 19.9 Å². The Labute approximate surface area is 128 Å². The van der Waals surface area contributed by atoms with Crippen LogP contribution in [0.15, 0.2) is 18.2 Å². The summed E-state index contributed by atoms with van der Waals surface area (Å²) in [6.45, 7) is 7.16. The van der Waals surface area contributed by atoms with Gasteiger partial charge in [0.05, 0.1) is 19.3 Å². The van der Waals surface area contributed by atoms with Crippen molar-refractivity contribution in [1.82, 2.24) is 5.32 Å². The molecule has 0 saturated heterocycles. The average Bonchev–Trinajstić information content (AvgIpc) is 2.45. The molecule has 1 aromatic rings. The van der Waals surface area contributed by atoms with Gasteiger partial charge in [0.1, 0.15) is 5.75 Å². The van der Waals surface area contributed by atoms with Gasteiger partial charge >= 0.3 is 0 Å². The zero-order valence-electron chi connectivity index (χ0n) is 13.9. The lowest BCUT2D eigenvalue weighted by atomic mass is 9.99. The maximum atomic E-state index is 10.2. The highest BCUT2D eigenvalue weighted by atomic mass is 16.5. The van der Waals surface area contributed by atoms with Crippen molar-refractivity contribution >= 4 is 0 Å². The van der Waals surface area contributed by atoms with Crippen molar-refractivity contribution in [2.24, 2.45) is 0 Å². The zero-order valence-corrected chi connectivity index (χ0v) is 13.9. The molecule has 120 valence electrons. The number of aliphatic hydroxyl groups is 1. The fourth-order valence-electron chi connectivity index (χ4n) is 2.45. The molecule has 0 bridgehead atoms. The molecule has 0 saturated carbocycles. The molecule has 0 aliphatic heterocycles. The van der Waals surface area contributed by atoms with Crippen molar-refractivity contribution in [1.29, 1.82) is 0 Å². The van der Waals surface area contributed by atoms with E-state index in [2.05, 4.69) is 25.2 Å². The Morgan fingerprint density at radius 2 is 2.05 bits per heavy atom. The molecule has 0 aromatic heterocycles. The van der Waals surface area contributed by atoms with Gasteiger partial charge in [0, 0.05) is 25.3 Å². The minimum Gasteiger partial charge on any atom is -0.496 e. The molecule has 0 fully saturated rings. The van der Waals surface area contributed by atoms with Gasteiger partial charge in [-0.15, -0.1) is 0 Å². The molecule has 1 aromatic carbocycles. The van der Waals surface area contributed by atoms with Crippen LogP contribution in [0.25, 0.3) is 0 Å². The molecule has 1 rings (SSSR count). The fourth-order valence-corrected chi connectivity index (χ4v) is 2.45. The summed E-state index contributed by atoms with van der Waals surface area (Å²) in [4.78, 5) is 0. The van der Waals surface area contributed by atoms with Crippen LogP contribution in [0.4, 0.5) is 0 Å². The van der Waals surface area contributed by atoms with Crippen LogP contribution in [0.5, 0.6) is 5.75 Å². The number of methoxy groups -OCH3 is 2. The third-order valence-electron chi connectivity index (χ3n) is 3.68. The Morgan fingerprint density at radius 1 is 1.33 bits per heavy atom. The number of hydrogen-bond acceptors (Lipinski definition) is 4. The first-order chi connectivity index (χ1) is 9.93. The minimum atomic E-state index is -0.662. The predicted molar refractivity (Wildman–Crippen MR) is 85.7 cm³/mol. The second-order valence-corrected chi connectivity index (χ2v) is 5.85. The monoisotopic (exact) mass is 295 g/mol. The highest BCUT2D eigenvalue weighted by Crippen LogP contribution is 2.24. The van der Waals surface area contributed by atoms with Gasteiger partial charge in [-0.2, -0.15) is 0 Å². The van der Waals surface area contributed by atoms with Crippen LogP contribution in [-0.4, -0.2) is 31.5 Å². The largest absolute Gasteiger partial charge is 0.496 e. The molecule has 21 heavy (non-hydrogen) atoms. The van der Waals surface area contributed by atoms with Crippen LogP contribution in [0.2, 0.25) is 0 Å². The van der Waals surface area contributed by atoms with Gasteiger partial charge in [0.25, 0.3) is 0 Å². The normalized spacial score (nSPS) is 15.5. The van der Waals surface area contributed by atoms with E-state index in [0.717, 1.165) is 29.7 Å². The lowest BCUT2D eigenvalue weighted by Crippen LogP contribution is -2.38. The Hall–Kier alpha value is -1.10. The maximum absolute atomic E-state index is 10.2. The SMILES string of the molecule is CCCC(C)(O)CNC(C)c1ccc(OC)c(COC)c1. The third-order valence-corrected chi connectivity index (χ3v) is 3.68. The summed E-state index contributed by atoms with van der Waals surface area (Å²) < 4.78 is 10.5. The van der Waals surface area contributed by atoms with E-state index in [1.165, 1.54) is 0 Å². The molecule has 0 spiro atoms. The van der Waals surface area contributed by atoms with Crippen LogP contribution < -0.4 is 10.1 Å². The summed E-state index contributed by atoms with van der Waals surface area (Å²) in [5.74, 6) is 0.839. The topological polar surface area (TPSA) is 50.7 Å². The molecular weight excluding hydrogens is 266 g/mol. The molecule has 0 aliphatic carbocycles. The summed E-state index contributed by atoms with van der Waals surface area (Å²) in [6, 6.07) is 6.26. The van der Waals surface area contributed by atoms with Crippen molar-refractivity contribution in [2.75, 3.05) is 20.8 Å². The van der Waals surface area contributed by atoms with E-state index >= 15 is 0 Å². The molecule has 4 heteroatoms. The Morgan fingerprint density at radius 3 is 2.62 bits per heavy atom. The summed E-state index contributed by atoms with van der Waals surface area (Å²) in [5, 5.41) is 13.6. The number of hydrogen-bond donors (Lipinski definition) is 2. The smallest absolute Gasteiger partial charge is 0.124 e. The molecule has 2 unspecified atom stereocenters. The summed E-state index contributed by atoms with van der Waals surface area (Å²) in [6.07, 6.45) is 1.77. The minimum absolute atomic E-state index is 0.162. The van der Waals surface area contributed by atoms with Gasteiger partial charge in [-0.3, -0.25) is 0 Å². The fraction of sp³-hybridized carbons (Fsp3) is 0.647. The first-order valence-electron chi connectivity index (χ1n) is 7.55. The van der Waals surface area contributed by atoms with Crippen LogP contribution in [0, 0.1) is 0 Å². The molecule has 2 atom stereocenters. The molecule has 0 aliphatic rings. The van der Waals surface area contributed by atoms with E-state index in [1.54, 1.807) is 14.2 Å². The average molecular weight is 295 g/mol. The third kappa shape index (κ3) is 5.65. The van der Waals surface area contributed by atoms with E-state index in [4.69, 9.17) is 9.47 Å². The van der Waals surface area contributed by atoms with E-state index in [-0.39, 0.29) is 6.04 Å². The first kappa shape index (κ1) is 18.0. The molecule has 4 nitrogen and oxygen atoms in total. The molecule has 0 amide bonds. The highest BCUT2D eigenvalue weighted by molar-refractivity contribution is 5.38. The summed E-state index contributed by atoms with van der Waals surface area (Å²) in [7, 11) is 3.34. The molecule has 0 heterocycles. The van der Waals surface area contributed by atoms with Crippen LogP contribution >= 0.6 is 0 Å². The molecule has 2 N–H and O–H groups in total. The van der Waals surface area contributed by atoms with Crippen molar-refractivity contribution in [3.8, 4) is 5.75 Å². The van der Waals surface area contributed by atoms with Crippen molar-refractivity contribution in [3.05, 3.63) is 29.3 Å². The van der Waals surface area contributed by atoms with Crippen LogP contribution in [0.1, 0.15) is 50.8 Å². The second kappa shape index (κ2) is 8.37. The second-order valence-electron chi connectivity index (χ2n) is 5.85. The number of rotatable bonds is 9. The predicted octanol–water partition coefficient (Wildman–Crippen LogP) is 3.04. The number of nitrogens with one attached hydrogen (secondary N) is 1. The Bertz CT molecular complexity index is 432. The highest BCUT2D eigenvalue weighted by Gasteiger charge is 2.20. The molecule has 0 radical (unpaired) electrons. The van der Waals surface area contributed by atoms with E-state index in [0.29, 0.717) is 13.2 Å².